The fourth-order valence-corrected chi connectivity index (χ4v) is 5.54. The number of carbonyl (C=O) groups excluding carboxylic acids is 1. The minimum Gasteiger partial charge on any atom is -0.480 e. The van der Waals surface area contributed by atoms with Crippen molar-refractivity contribution in [2.45, 2.75) is 37.6 Å². The number of hydrogen-bond acceptors (Lipinski definition) is 6. The molecule has 0 bridgehead atoms. The lowest BCUT2D eigenvalue weighted by atomic mass is 9.78. The van der Waals surface area contributed by atoms with Crippen molar-refractivity contribution in [3.05, 3.63) is 29.3 Å². The van der Waals surface area contributed by atoms with Crippen molar-refractivity contribution in [1.29, 1.82) is 0 Å². The Morgan fingerprint density at radius 3 is 2.02 bits per heavy atom. The van der Waals surface area contributed by atoms with E-state index in [-0.39, 0.29) is 44.7 Å². The van der Waals surface area contributed by atoms with E-state index in [0.29, 0.717) is 43.9 Å². The molecule has 1 aromatic carbocycles. The van der Waals surface area contributed by atoms with Gasteiger partial charge in [-0.3, -0.25) is 14.6 Å². The highest BCUT2D eigenvalue weighted by molar-refractivity contribution is 5.69. The molecule has 1 amide bonds. The number of rotatable bonds is 6. The minimum absolute atomic E-state index is 0.0341. The number of likely N-dealkylation sites (tertiary alicyclic amines) is 1. The number of piperazine rings is 1. The first-order valence-corrected chi connectivity index (χ1v) is 12.6. The summed E-state index contributed by atoms with van der Waals surface area (Å²) in [6, 6.07) is 3.29. The molecule has 3 saturated heterocycles. The molecule has 0 aromatic heterocycles. The second-order valence-electron chi connectivity index (χ2n) is 10.7. The van der Waals surface area contributed by atoms with Crippen molar-refractivity contribution in [3.63, 3.8) is 0 Å². The van der Waals surface area contributed by atoms with Gasteiger partial charge >= 0.3 is 30.6 Å². The van der Waals surface area contributed by atoms with Crippen molar-refractivity contribution < 1.29 is 58.9 Å². The van der Waals surface area contributed by atoms with Gasteiger partial charge in [0.15, 0.2) is 0 Å². The molecule has 0 unspecified atom stereocenters. The van der Waals surface area contributed by atoms with Crippen molar-refractivity contribution in [3.8, 4) is 0 Å². The van der Waals surface area contributed by atoms with E-state index in [1.807, 2.05) is 0 Å². The molecular formula is C24H27F9N4O4. The molecule has 230 valence electrons. The quantitative estimate of drug-likeness (QED) is 0.490. The van der Waals surface area contributed by atoms with E-state index in [1.54, 1.807) is 14.7 Å². The van der Waals surface area contributed by atoms with Gasteiger partial charge in [0.1, 0.15) is 0 Å². The molecule has 17 heteroatoms. The number of carboxylic acid groups (broad SMARTS) is 1. The highest BCUT2D eigenvalue weighted by atomic mass is 19.4. The monoisotopic (exact) mass is 606 g/mol. The van der Waals surface area contributed by atoms with Crippen molar-refractivity contribution in [2.24, 2.45) is 5.41 Å². The first-order chi connectivity index (χ1) is 18.9. The number of amides is 1. The lowest BCUT2D eigenvalue weighted by Crippen LogP contribution is -2.58. The summed E-state index contributed by atoms with van der Waals surface area (Å²) in [5.41, 5.74) is -0.231. The first-order valence-electron chi connectivity index (χ1n) is 12.6. The Kier molecular flexibility index (Phi) is 8.34. The van der Waals surface area contributed by atoms with Crippen LogP contribution >= 0.6 is 0 Å². The Morgan fingerprint density at radius 2 is 1.49 bits per heavy atom. The van der Waals surface area contributed by atoms with Gasteiger partial charge in [0.25, 0.3) is 6.10 Å². The zero-order valence-electron chi connectivity index (χ0n) is 21.5. The first kappa shape index (κ1) is 31.0. The molecule has 1 N–H and O–H groups in total. The molecule has 1 spiro atoms. The van der Waals surface area contributed by atoms with Crippen molar-refractivity contribution in [2.75, 3.05) is 63.8 Å². The van der Waals surface area contributed by atoms with Crippen LogP contribution in [-0.4, -0.2) is 109 Å². The standard InChI is InChI=1S/C24H27F9N4O4/c25-22(26,27)16-2-1-15(17(9-16)37-13-21(14-37)3-4-35(12-21)11-18(38)39)10-34-5-7-36(8-6-34)20(40)41-19(23(28,29)30)24(31,32)33/h1-2,9,19H,3-8,10-14H2,(H,38,39). The van der Waals surface area contributed by atoms with Gasteiger partial charge in [-0.15, -0.1) is 0 Å². The van der Waals surface area contributed by atoms with E-state index in [4.69, 9.17) is 5.11 Å². The van der Waals surface area contributed by atoms with Gasteiger partial charge in [-0.2, -0.15) is 39.5 Å². The highest BCUT2D eigenvalue weighted by Gasteiger charge is 2.60. The number of halogens is 9. The van der Waals surface area contributed by atoms with Crippen LogP contribution < -0.4 is 4.90 Å². The molecule has 3 fully saturated rings. The number of hydrogen-bond donors (Lipinski definition) is 1. The predicted octanol–water partition coefficient (Wildman–Crippen LogP) is 4.05. The Hall–Kier alpha value is -2.95. The van der Waals surface area contributed by atoms with E-state index in [1.165, 1.54) is 6.07 Å². The SMILES string of the molecule is O=C(O)CN1CCC2(C1)CN(c1cc(C(F)(F)F)ccc1CN1CCN(C(=O)OC(C(F)(F)F)C(F)(F)F)CC1)C2. The van der Waals surface area contributed by atoms with E-state index in [0.717, 1.165) is 17.0 Å². The molecule has 4 rings (SSSR count). The topological polar surface area (TPSA) is 76.6 Å². The molecule has 3 heterocycles. The third-order valence-corrected chi connectivity index (χ3v) is 7.52. The number of ether oxygens (including phenoxy) is 1. The average molecular weight is 606 g/mol. The zero-order chi connectivity index (χ0) is 30.4. The van der Waals surface area contributed by atoms with Crippen LogP contribution in [0.5, 0.6) is 0 Å². The van der Waals surface area contributed by atoms with Crippen molar-refractivity contribution in [1.82, 2.24) is 14.7 Å². The number of carboxylic acids is 1. The summed E-state index contributed by atoms with van der Waals surface area (Å²) in [5, 5.41) is 9.03. The van der Waals surface area contributed by atoms with E-state index in [2.05, 4.69) is 4.74 Å². The molecule has 8 nitrogen and oxygen atoms in total. The largest absolute Gasteiger partial charge is 0.480 e. The summed E-state index contributed by atoms with van der Waals surface area (Å²) < 4.78 is 121. The molecule has 3 aliphatic rings. The number of alkyl halides is 9. The van der Waals surface area contributed by atoms with Gasteiger partial charge in [-0.05, 0) is 30.7 Å². The van der Waals surface area contributed by atoms with Crippen LogP contribution in [0, 0.1) is 5.41 Å². The summed E-state index contributed by atoms with van der Waals surface area (Å²) in [7, 11) is 0. The molecule has 0 saturated carbocycles. The number of carbonyl (C=O) groups is 2. The van der Waals surface area contributed by atoms with Crippen LogP contribution in [0.4, 0.5) is 50.0 Å². The lowest BCUT2D eigenvalue weighted by Gasteiger charge is -2.50. The number of nitrogens with zero attached hydrogens (tertiary/aromatic N) is 4. The third kappa shape index (κ3) is 7.28. The Balaban J connectivity index is 1.40. The van der Waals surface area contributed by atoms with Crippen LogP contribution in [0.25, 0.3) is 0 Å². The van der Waals surface area contributed by atoms with Gasteiger partial charge in [-0.1, -0.05) is 6.07 Å². The second-order valence-corrected chi connectivity index (χ2v) is 10.7. The average Bonchev–Trinajstić information content (AvgIpc) is 3.23. The second kappa shape index (κ2) is 11.0. The zero-order valence-corrected chi connectivity index (χ0v) is 21.5. The van der Waals surface area contributed by atoms with E-state index < -0.39 is 42.3 Å². The van der Waals surface area contributed by atoms with Gasteiger partial charge in [0.05, 0.1) is 12.1 Å². The Morgan fingerprint density at radius 1 is 0.878 bits per heavy atom. The molecule has 0 aliphatic carbocycles. The maximum atomic E-state index is 13.5. The Labute approximate surface area is 228 Å². The molecule has 1 aromatic rings. The smallest absolute Gasteiger partial charge is 0.434 e. The van der Waals surface area contributed by atoms with E-state index in [9.17, 15) is 49.1 Å². The van der Waals surface area contributed by atoms with Crippen LogP contribution in [0.1, 0.15) is 17.5 Å². The van der Waals surface area contributed by atoms with Crippen LogP contribution in [0.2, 0.25) is 0 Å². The van der Waals surface area contributed by atoms with Gasteiger partial charge < -0.3 is 19.6 Å². The van der Waals surface area contributed by atoms with Gasteiger partial charge in [0.2, 0.25) is 0 Å². The van der Waals surface area contributed by atoms with Crippen molar-refractivity contribution >= 4 is 17.7 Å². The minimum atomic E-state index is -5.84. The third-order valence-electron chi connectivity index (χ3n) is 7.52. The summed E-state index contributed by atoms with van der Waals surface area (Å²) in [6.07, 6.45) is -21.6. The number of aliphatic carboxylic acids is 1. The van der Waals surface area contributed by atoms with Gasteiger partial charge in [0, 0.05) is 63.5 Å². The highest BCUT2D eigenvalue weighted by Crippen LogP contribution is 2.44. The van der Waals surface area contributed by atoms with E-state index >= 15 is 0 Å². The molecular weight excluding hydrogens is 579 g/mol. The summed E-state index contributed by atoms with van der Waals surface area (Å²) >= 11 is 0. The predicted molar refractivity (Wildman–Crippen MR) is 124 cm³/mol. The summed E-state index contributed by atoms with van der Waals surface area (Å²) in [5.74, 6) is -0.965. The maximum Gasteiger partial charge on any atom is 0.434 e. The van der Waals surface area contributed by atoms with Gasteiger partial charge in [-0.25, -0.2) is 4.79 Å². The molecule has 41 heavy (non-hydrogen) atoms. The fourth-order valence-electron chi connectivity index (χ4n) is 5.54. The fraction of sp³-hybridized carbons (Fsp3) is 0.667. The molecule has 0 atom stereocenters. The maximum absolute atomic E-state index is 13.5. The normalized spacial score (nSPS) is 20.5. The van der Waals surface area contributed by atoms with Crippen LogP contribution in [-0.2, 0) is 22.3 Å². The van der Waals surface area contributed by atoms with Crippen LogP contribution in [0.15, 0.2) is 18.2 Å². The Bertz CT molecular complexity index is 1110. The number of benzene rings is 1. The van der Waals surface area contributed by atoms with Crippen LogP contribution in [0.3, 0.4) is 0 Å². The lowest BCUT2D eigenvalue weighted by molar-refractivity contribution is -0.308. The summed E-state index contributed by atoms with van der Waals surface area (Å²) in [4.78, 5) is 29.1. The summed E-state index contributed by atoms with van der Waals surface area (Å²) in [6.45, 7) is 1.50. The molecule has 0 radical (unpaired) electrons. The molecule has 3 aliphatic heterocycles. The number of anilines is 1.